The van der Waals surface area contributed by atoms with Crippen molar-refractivity contribution in [1.29, 1.82) is 0 Å². The van der Waals surface area contributed by atoms with Crippen molar-refractivity contribution >= 4 is 21.6 Å². The molecule has 0 saturated heterocycles. The van der Waals surface area contributed by atoms with Crippen LogP contribution in [0.25, 0.3) is 5.70 Å². The first kappa shape index (κ1) is 9.26. The van der Waals surface area contributed by atoms with Gasteiger partial charge in [-0.3, -0.25) is 4.98 Å². The summed E-state index contributed by atoms with van der Waals surface area (Å²) in [6.07, 6.45) is 1.77. The van der Waals surface area contributed by atoms with Crippen LogP contribution in [0.3, 0.4) is 0 Å². The van der Waals surface area contributed by atoms with Crippen LogP contribution in [-0.4, -0.2) is 24.0 Å². The monoisotopic (exact) mass is 226 g/mol. The minimum Gasteiger partial charge on any atom is -0.376 e. The fourth-order valence-electron chi connectivity index (χ4n) is 0.776. The van der Waals surface area contributed by atoms with Crippen LogP contribution >= 0.6 is 15.9 Å². The standard InChI is InChI=1S/C9H11BrN2/c1-7(12(2)3)9-5-4-8(10)6-11-9/h4-6H,1H2,2-3H3. The highest BCUT2D eigenvalue weighted by atomic mass is 79.9. The molecule has 0 aliphatic heterocycles. The molecule has 0 amide bonds. The number of nitrogens with zero attached hydrogens (tertiary/aromatic N) is 2. The Morgan fingerprint density at radius 2 is 2.17 bits per heavy atom. The number of rotatable bonds is 2. The molecule has 0 aliphatic rings. The lowest BCUT2D eigenvalue weighted by molar-refractivity contribution is 0.590. The van der Waals surface area contributed by atoms with Gasteiger partial charge in [0.25, 0.3) is 0 Å². The molecule has 1 rings (SSSR count). The number of pyridine rings is 1. The minimum absolute atomic E-state index is 0.906. The molecule has 2 nitrogen and oxygen atoms in total. The topological polar surface area (TPSA) is 16.1 Å². The van der Waals surface area contributed by atoms with Gasteiger partial charge in [0.05, 0.1) is 11.4 Å². The molecule has 1 aromatic rings. The summed E-state index contributed by atoms with van der Waals surface area (Å²) >= 11 is 3.33. The van der Waals surface area contributed by atoms with Gasteiger partial charge in [-0.05, 0) is 28.1 Å². The second kappa shape index (κ2) is 3.72. The molecule has 1 aromatic heterocycles. The van der Waals surface area contributed by atoms with Gasteiger partial charge in [-0.15, -0.1) is 0 Å². The molecule has 0 aliphatic carbocycles. The van der Waals surface area contributed by atoms with Crippen LogP contribution < -0.4 is 0 Å². The number of aromatic nitrogens is 1. The van der Waals surface area contributed by atoms with Crippen molar-refractivity contribution in [2.45, 2.75) is 0 Å². The lowest BCUT2D eigenvalue weighted by atomic mass is 10.3. The molecule has 64 valence electrons. The van der Waals surface area contributed by atoms with Crippen LogP contribution in [0.4, 0.5) is 0 Å². The predicted octanol–water partition coefficient (Wildman–Crippen LogP) is 2.38. The maximum Gasteiger partial charge on any atom is 0.0857 e. The molecule has 0 fully saturated rings. The Bertz CT molecular complexity index is 277. The third kappa shape index (κ3) is 2.08. The van der Waals surface area contributed by atoms with Crippen molar-refractivity contribution in [1.82, 2.24) is 9.88 Å². The van der Waals surface area contributed by atoms with E-state index in [9.17, 15) is 0 Å². The highest BCUT2D eigenvalue weighted by molar-refractivity contribution is 9.10. The molecule has 0 saturated carbocycles. The number of hydrogen-bond acceptors (Lipinski definition) is 2. The van der Waals surface area contributed by atoms with Gasteiger partial charge in [-0.2, -0.15) is 0 Å². The average molecular weight is 227 g/mol. The first-order valence-electron chi connectivity index (χ1n) is 3.59. The van der Waals surface area contributed by atoms with E-state index < -0.39 is 0 Å². The lowest BCUT2D eigenvalue weighted by Crippen LogP contribution is -2.09. The molecule has 1 heterocycles. The van der Waals surface area contributed by atoms with Crippen LogP contribution in [0.2, 0.25) is 0 Å². The molecule has 3 heteroatoms. The van der Waals surface area contributed by atoms with E-state index in [4.69, 9.17) is 0 Å². The summed E-state index contributed by atoms with van der Waals surface area (Å²) in [5, 5.41) is 0. The predicted molar refractivity (Wildman–Crippen MR) is 54.7 cm³/mol. The van der Waals surface area contributed by atoms with Gasteiger partial charge in [0, 0.05) is 24.8 Å². The molecule has 0 unspecified atom stereocenters. The molecule has 0 radical (unpaired) electrons. The van der Waals surface area contributed by atoms with E-state index in [-0.39, 0.29) is 0 Å². The fraction of sp³-hybridized carbons (Fsp3) is 0.222. The van der Waals surface area contributed by atoms with Crippen molar-refractivity contribution in [3.05, 3.63) is 35.1 Å². The van der Waals surface area contributed by atoms with Crippen LogP contribution in [0.1, 0.15) is 5.69 Å². The van der Waals surface area contributed by atoms with Gasteiger partial charge in [-0.1, -0.05) is 6.58 Å². The van der Waals surface area contributed by atoms with Gasteiger partial charge >= 0.3 is 0 Å². The molecule has 0 bridgehead atoms. The highest BCUT2D eigenvalue weighted by Gasteiger charge is 2.00. The number of halogens is 1. The Balaban J connectivity index is 2.90. The maximum atomic E-state index is 4.21. The Morgan fingerprint density at radius 3 is 2.58 bits per heavy atom. The van der Waals surface area contributed by atoms with Crippen molar-refractivity contribution in [2.75, 3.05) is 14.1 Å². The van der Waals surface area contributed by atoms with E-state index >= 15 is 0 Å². The highest BCUT2D eigenvalue weighted by Crippen LogP contribution is 2.14. The Hall–Kier alpha value is -0.830. The summed E-state index contributed by atoms with van der Waals surface area (Å²) in [5.41, 5.74) is 1.82. The first-order valence-corrected chi connectivity index (χ1v) is 4.38. The molecular formula is C9H11BrN2. The van der Waals surface area contributed by atoms with Gasteiger partial charge in [-0.25, -0.2) is 0 Å². The zero-order valence-electron chi connectivity index (χ0n) is 7.21. The van der Waals surface area contributed by atoms with E-state index in [1.54, 1.807) is 6.20 Å². The summed E-state index contributed by atoms with van der Waals surface area (Å²) < 4.78 is 0.984. The Kier molecular flexibility index (Phi) is 2.87. The zero-order chi connectivity index (χ0) is 9.14. The van der Waals surface area contributed by atoms with E-state index in [2.05, 4.69) is 27.5 Å². The summed E-state index contributed by atoms with van der Waals surface area (Å²) in [5.74, 6) is 0. The SMILES string of the molecule is C=C(c1ccc(Br)cn1)N(C)C. The van der Waals surface area contributed by atoms with Gasteiger partial charge < -0.3 is 4.90 Å². The molecule has 0 spiro atoms. The van der Waals surface area contributed by atoms with Gasteiger partial charge in [0.15, 0.2) is 0 Å². The van der Waals surface area contributed by atoms with E-state index in [0.29, 0.717) is 0 Å². The zero-order valence-corrected chi connectivity index (χ0v) is 8.80. The summed E-state index contributed by atoms with van der Waals surface area (Å²) in [6, 6.07) is 3.89. The quantitative estimate of drug-likeness (QED) is 0.771. The van der Waals surface area contributed by atoms with Crippen LogP contribution in [0, 0.1) is 0 Å². The van der Waals surface area contributed by atoms with Crippen molar-refractivity contribution in [3.63, 3.8) is 0 Å². The van der Waals surface area contributed by atoms with E-state index in [0.717, 1.165) is 15.9 Å². The maximum absolute atomic E-state index is 4.21. The second-order valence-corrected chi connectivity index (χ2v) is 3.62. The third-order valence-electron chi connectivity index (χ3n) is 1.56. The smallest absolute Gasteiger partial charge is 0.0857 e. The van der Waals surface area contributed by atoms with Gasteiger partial charge in [0.1, 0.15) is 0 Å². The normalized spacial score (nSPS) is 9.58. The van der Waals surface area contributed by atoms with Crippen LogP contribution in [-0.2, 0) is 0 Å². The Labute approximate surface area is 81.0 Å². The van der Waals surface area contributed by atoms with Crippen molar-refractivity contribution < 1.29 is 0 Å². The van der Waals surface area contributed by atoms with Crippen molar-refractivity contribution in [2.24, 2.45) is 0 Å². The lowest BCUT2D eigenvalue weighted by Gasteiger charge is -2.14. The van der Waals surface area contributed by atoms with Gasteiger partial charge in [0.2, 0.25) is 0 Å². The summed E-state index contributed by atoms with van der Waals surface area (Å²) in [6.45, 7) is 3.90. The summed E-state index contributed by atoms with van der Waals surface area (Å²) in [4.78, 5) is 6.15. The van der Waals surface area contributed by atoms with E-state index in [1.165, 1.54) is 0 Å². The van der Waals surface area contributed by atoms with E-state index in [1.807, 2.05) is 31.1 Å². The molecule has 12 heavy (non-hydrogen) atoms. The largest absolute Gasteiger partial charge is 0.376 e. The Morgan fingerprint density at radius 1 is 1.50 bits per heavy atom. The average Bonchev–Trinajstić information content (AvgIpc) is 2.04. The molecule has 0 aromatic carbocycles. The molecule has 0 atom stereocenters. The summed E-state index contributed by atoms with van der Waals surface area (Å²) in [7, 11) is 3.90. The molecule has 0 N–H and O–H groups in total. The van der Waals surface area contributed by atoms with Crippen molar-refractivity contribution in [3.8, 4) is 0 Å². The third-order valence-corrected chi connectivity index (χ3v) is 2.03. The first-order chi connectivity index (χ1) is 5.61. The second-order valence-electron chi connectivity index (χ2n) is 2.70. The minimum atomic E-state index is 0.906. The fourth-order valence-corrected chi connectivity index (χ4v) is 1.01. The van der Waals surface area contributed by atoms with Crippen LogP contribution in [0.15, 0.2) is 29.4 Å². The number of hydrogen-bond donors (Lipinski definition) is 0. The van der Waals surface area contributed by atoms with Crippen LogP contribution in [0.5, 0.6) is 0 Å². The molecular weight excluding hydrogens is 216 g/mol.